The molecule has 34 heavy (non-hydrogen) atoms. The van der Waals surface area contributed by atoms with Crippen LogP contribution in [0.4, 0.5) is 10.6 Å². The molecule has 2 aromatic carbocycles. The number of nitrogens with one attached hydrogen (secondary N) is 2. The standard InChI is InChI=1S/C25H23N3O6/c1-14(29)22(24(31)32)28-23(30)20-11-6-12-21(26-20)27-25(33)34-13-19-17-9-4-2-7-15(17)16-8-3-5-10-18(16)19/h2-12,14,19,22,29H,13H2,1H3,(H,28,30)(H,31,32)(H,26,27,33)/t14-,22+/m1/s1. The number of carboxylic acid groups (broad SMARTS) is 1. The van der Waals surface area contributed by atoms with E-state index >= 15 is 0 Å². The maximum Gasteiger partial charge on any atom is 0.412 e. The molecule has 0 aliphatic heterocycles. The lowest BCUT2D eigenvalue weighted by Crippen LogP contribution is -2.47. The molecule has 1 heterocycles. The summed E-state index contributed by atoms with van der Waals surface area (Å²) >= 11 is 0. The van der Waals surface area contributed by atoms with E-state index < -0.39 is 30.1 Å². The molecular formula is C25H23N3O6. The average molecular weight is 461 g/mol. The van der Waals surface area contributed by atoms with E-state index in [1.807, 2.05) is 48.5 Å². The summed E-state index contributed by atoms with van der Waals surface area (Å²) in [5.74, 6) is -2.22. The van der Waals surface area contributed by atoms with E-state index in [0.29, 0.717) is 0 Å². The predicted octanol–water partition coefficient (Wildman–Crippen LogP) is 3.01. The number of anilines is 1. The number of hydrogen-bond acceptors (Lipinski definition) is 6. The van der Waals surface area contributed by atoms with E-state index in [-0.39, 0.29) is 24.0 Å². The zero-order chi connectivity index (χ0) is 24.2. The van der Waals surface area contributed by atoms with Crippen LogP contribution in [0.25, 0.3) is 11.1 Å². The Labute approximate surface area is 195 Å². The molecule has 0 unspecified atom stereocenters. The van der Waals surface area contributed by atoms with Gasteiger partial charge in [0.05, 0.1) is 6.10 Å². The topological polar surface area (TPSA) is 138 Å². The number of aliphatic hydroxyl groups excluding tert-OH is 1. The van der Waals surface area contributed by atoms with Gasteiger partial charge in [-0.25, -0.2) is 14.6 Å². The van der Waals surface area contributed by atoms with Crippen molar-refractivity contribution in [2.45, 2.75) is 25.0 Å². The molecule has 0 saturated heterocycles. The van der Waals surface area contributed by atoms with Crippen LogP contribution < -0.4 is 10.6 Å². The number of carbonyl (C=O) groups excluding carboxylic acids is 2. The van der Waals surface area contributed by atoms with Crippen LogP contribution >= 0.6 is 0 Å². The number of aromatic nitrogens is 1. The Hall–Kier alpha value is -4.24. The van der Waals surface area contributed by atoms with Crippen molar-refractivity contribution in [3.8, 4) is 11.1 Å². The maximum absolute atomic E-state index is 12.4. The van der Waals surface area contributed by atoms with Gasteiger partial charge in [-0.05, 0) is 41.3 Å². The van der Waals surface area contributed by atoms with Crippen molar-refractivity contribution in [1.29, 1.82) is 0 Å². The van der Waals surface area contributed by atoms with Crippen LogP contribution in [-0.4, -0.2) is 51.9 Å². The number of carboxylic acids is 1. The van der Waals surface area contributed by atoms with Gasteiger partial charge >= 0.3 is 12.1 Å². The van der Waals surface area contributed by atoms with Crippen molar-refractivity contribution in [1.82, 2.24) is 10.3 Å². The second-order valence-corrected chi connectivity index (χ2v) is 7.89. The number of amides is 2. The number of pyridine rings is 1. The lowest BCUT2D eigenvalue weighted by Gasteiger charge is -2.17. The van der Waals surface area contributed by atoms with Crippen molar-refractivity contribution in [3.05, 3.63) is 83.6 Å². The molecule has 3 aromatic rings. The van der Waals surface area contributed by atoms with Gasteiger partial charge in [-0.3, -0.25) is 10.1 Å². The summed E-state index contributed by atoms with van der Waals surface area (Å²) in [7, 11) is 0. The number of aliphatic hydroxyl groups is 1. The first-order valence-corrected chi connectivity index (χ1v) is 10.7. The van der Waals surface area contributed by atoms with Gasteiger partial charge in [-0.1, -0.05) is 54.6 Å². The van der Waals surface area contributed by atoms with E-state index in [9.17, 15) is 19.5 Å². The third kappa shape index (κ3) is 4.74. The largest absolute Gasteiger partial charge is 0.480 e. The van der Waals surface area contributed by atoms with Crippen LogP contribution in [0.3, 0.4) is 0 Å². The number of rotatable bonds is 7. The number of nitrogens with zero attached hydrogens (tertiary/aromatic N) is 1. The number of ether oxygens (including phenoxy) is 1. The monoisotopic (exact) mass is 461 g/mol. The number of aliphatic carboxylic acids is 1. The molecule has 9 heteroatoms. The Bertz CT molecular complexity index is 1200. The molecule has 1 aromatic heterocycles. The van der Waals surface area contributed by atoms with Gasteiger partial charge in [0, 0.05) is 5.92 Å². The third-order valence-electron chi connectivity index (χ3n) is 5.59. The summed E-state index contributed by atoms with van der Waals surface area (Å²) in [5.41, 5.74) is 4.27. The van der Waals surface area contributed by atoms with Crippen molar-refractivity contribution >= 4 is 23.8 Å². The number of carbonyl (C=O) groups is 3. The fourth-order valence-electron chi connectivity index (χ4n) is 3.97. The molecular weight excluding hydrogens is 438 g/mol. The van der Waals surface area contributed by atoms with E-state index in [4.69, 9.17) is 9.84 Å². The highest BCUT2D eigenvalue weighted by Crippen LogP contribution is 2.44. The highest BCUT2D eigenvalue weighted by atomic mass is 16.5. The SMILES string of the molecule is C[C@@H](O)[C@H](NC(=O)c1cccc(NC(=O)OCC2c3ccccc3-c3ccccc32)n1)C(=O)O. The molecule has 174 valence electrons. The summed E-state index contributed by atoms with van der Waals surface area (Å²) in [6.45, 7) is 1.37. The Morgan fingerprint density at radius 1 is 0.971 bits per heavy atom. The second kappa shape index (κ2) is 9.72. The molecule has 0 bridgehead atoms. The fourth-order valence-corrected chi connectivity index (χ4v) is 3.97. The predicted molar refractivity (Wildman–Crippen MR) is 123 cm³/mol. The van der Waals surface area contributed by atoms with Crippen LogP contribution in [0.1, 0.15) is 34.5 Å². The zero-order valence-corrected chi connectivity index (χ0v) is 18.3. The summed E-state index contributed by atoms with van der Waals surface area (Å²) in [6, 6.07) is 18.8. The lowest BCUT2D eigenvalue weighted by molar-refractivity contribution is -0.141. The summed E-state index contributed by atoms with van der Waals surface area (Å²) < 4.78 is 5.47. The summed E-state index contributed by atoms with van der Waals surface area (Å²) in [5, 5.41) is 23.3. The molecule has 0 spiro atoms. The van der Waals surface area contributed by atoms with Gasteiger partial charge in [-0.15, -0.1) is 0 Å². The van der Waals surface area contributed by atoms with Crippen LogP contribution in [0.2, 0.25) is 0 Å². The van der Waals surface area contributed by atoms with Crippen molar-refractivity contribution in [3.63, 3.8) is 0 Å². The highest BCUT2D eigenvalue weighted by Gasteiger charge is 2.29. The minimum atomic E-state index is -1.49. The van der Waals surface area contributed by atoms with E-state index in [1.165, 1.54) is 25.1 Å². The van der Waals surface area contributed by atoms with Gasteiger partial charge in [0.15, 0.2) is 6.04 Å². The number of benzene rings is 2. The Morgan fingerprint density at radius 3 is 2.18 bits per heavy atom. The van der Waals surface area contributed by atoms with Gasteiger partial charge in [0.2, 0.25) is 0 Å². The maximum atomic E-state index is 12.4. The highest BCUT2D eigenvalue weighted by molar-refractivity contribution is 5.96. The summed E-state index contributed by atoms with van der Waals surface area (Å²) in [4.78, 5) is 40.0. The molecule has 9 nitrogen and oxygen atoms in total. The molecule has 0 saturated carbocycles. The molecule has 0 radical (unpaired) electrons. The molecule has 1 aliphatic carbocycles. The van der Waals surface area contributed by atoms with E-state index in [0.717, 1.165) is 22.3 Å². The molecule has 0 fully saturated rings. The quantitative estimate of drug-likeness (QED) is 0.424. The fraction of sp³-hybridized carbons (Fsp3) is 0.200. The average Bonchev–Trinajstić information content (AvgIpc) is 3.14. The van der Waals surface area contributed by atoms with Crippen LogP contribution in [-0.2, 0) is 9.53 Å². The molecule has 4 N–H and O–H groups in total. The number of hydrogen-bond donors (Lipinski definition) is 4. The van der Waals surface area contributed by atoms with E-state index in [2.05, 4.69) is 15.6 Å². The number of fused-ring (bicyclic) bond motifs is 3. The summed E-state index contributed by atoms with van der Waals surface area (Å²) in [6.07, 6.45) is -2.04. The Balaban J connectivity index is 1.41. The van der Waals surface area contributed by atoms with Crippen LogP contribution in [0, 0.1) is 0 Å². The molecule has 1 aliphatic rings. The smallest absolute Gasteiger partial charge is 0.412 e. The van der Waals surface area contributed by atoms with Gasteiger partial charge in [0.1, 0.15) is 18.1 Å². The third-order valence-corrected chi connectivity index (χ3v) is 5.59. The normalized spacial score (nSPS) is 13.8. The minimum Gasteiger partial charge on any atom is -0.480 e. The molecule has 2 atom stereocenters. The van der Waals surface area contributed by atoms with Crippen molar-refractivity contribution < 1.29 is 29.3 Å². The first-order valence-electron chi connectivity index (χ1n) is 10.7. The second-order valence-electron chi connectivity index (χ2n) is 7.89. The molecule has 2 amide bonds. The van der Waals surface area contributed by atoms with E-state index in [1.54, 1.807) is 0 Å². The van der Waals surface area contributed by atoms with Crippen molar-refractivity contribution in [2.75, 3.05) is 11.9 Å². The first kappa shape index (κ1) is 22.9. The first-order chi connectivity index (χ1) is 16.3. The van der Waals surface area contributed by atoms with Crippen LogP contribution in [0.5, 0.6) is 0 Å². The lowest BCUT2D eigenvalue weighted by atomic mass is 9.98. The molecule has 4 rings (SSSR count). The van der Waals surface area contributed by atoms with Crippen LogP contribution in [0.15, 0.2) is 66.7 Å². The van der Waals surface area contributed by atoms with Gasteiger partial charge in [0.25, 0.3) is 5.91 Å². The van der Waals surface area contributed by atoms with Gasteiger partial charge in [-0.2, -0.15) is 0 Å². The van der Waals surface area contributed by atoms with Crippen molar-refractivity contribution in [2.24, 2.45) is 0 Å². The Kier molecular flexibility index (Phi) is 6.55. The van der Waals surface area contributed by atoms with Gasteiger partial charge < -0.3 is 20.3 Å². The minimum absolute atomic E-state index is 0.0637. The zero-order valence-electron chi connectivity index (χ0n) is 18.3. The Morgan fingerprint density at radius 2 is 1.59 bits per heavy atom.